The van der Waals surface area contributed by atoms with Crippen molar-refractivity contribution in [3.63, 3.8) is 0 Å². The number of rotatable bonds is 4. The summed E-state index contributed by atoms with van der Waals surface area (Å²) in [6.07, 6.45) is -10.7. The van der Waals surface area contributed by atoms with Gasteiger partial charge < -0.3 is 10.0 Å². The Labute approximate surface area is 144 Å². The molecule has 4 nitrogen and oxygen atoms in total. The molecule has 1 heterocycles. The number of nitrogens with zero attached hydrogens (tertiary/aromatic N) is 1. The van der Waals surface area contributed by atoms with Crippen LogP contribution in [-0.2, 0) is 9.59 Å². The molecular weight excluding hydrogens is 368 g/mol. The second-order valence-electron chi connectivity index (χ2n) is 6.10. The molecule has 0 bridgehead atoms. The number of hydrogen-bond acceptors (Lipinski definition) is 2. The average Bonchev–Trinajstić information content (AvgIpc) is 2.98. The number of carboxylic acid groups (broad SMARTS) is 1. The number of hydrogen-bond donors (Lipinski definition) is 1. The number of carbonyl (C=O) groups excluding carboxylic acids is 1. The standard InChI is InChI=1S/C16H15F6NO3/c17-15(18,19)11(9-4-2-1-3-5-9)6-13(24)23-7-10(14(25)26)12(8-23)16(20,21)22/h1-5,10-12H,6-8H2,(H,25,26)/t10-,11?,12-/m1/s1. The summed E-state index contributed by atoms with van der Waals surface area (Å²) in [5, 5.41) is 8.92. The van der Waals surface area contributed by atoms with Crippen LogP contribution in [0.5, 0.6) is 0 Å². The molecule has 144 valence electrons. The van der Waals surface area contributed by atoms with Gasteiger partial charge in [-0.2, -0.15) is 26.3 Å². The molecule has 10 heteroatoms. The zero-order valence-corrected chi connectivity index (χ0v) is 13.2. The predicted octanol–water partition coefficient (Wildman–Crippen LogP) is 3.44. The van der Waals surface area contributed by atoms with Gasteiger partial charge in [-0.1, -0.05) is 30.3 Å². The van der Waals surface area contributed by atoms with E-state index in [1.165, 1.54) is 30.3 Å². The molecule has 26 heavy (non-hydrogen) atoms. The van der Waals surface area contributed by atoms with Crippen molar-refractivity contribution in [3.8, 4) is 0 Å². The van der Waals surface area contributed by atoms with Gasteiger partial charge in [0.05, 0.1) is 17.8 Å². The predicted molar refractivity (Wildman–Crippen MR) is 77.1 cm³/mol. The molecule has 0 radical (unpaired) electrons. The number of amides is 1. The van der Waals surface area contributed by atoms with Crippen LogP contribution in [0.25, 0.3) is 0 Å². The molecule has 1 fully saturated rings. The van der Waals surface area contributed by atoms with Gasteiger partial charge in [-0.25, -0.2) is 0 Å². The van der Waals surface area contributed by atoms with E-state index in [2.05, 4.69) is 0 Å². The first kappa shape index (κ1) is 20.1. The highest BCUT2D eigenvalue weighted by atomic mass is 19.4. The highest BCUT2D eigenvalue weighted by Crippen LogP contribution is 2.41. The molecule has 1 aliphatic heterocycles. The van der Waals surface area contributed by atoms with E-state index >= 15 is 0 Å². The lowest BCUT2D eigenvalue weighted by Crippen LogP contribution is -2.35. The third-order valence-electron chi connectivity index (χ3n) is 4.39. The molecule has 1 N–H and O–H groups in total. The van der Waals surface area contributed by atoms with Crippen molar-refractivity contribution in [3.05, 3.63) is 35.9 Å². The third kappa shape index (κ3) is 4.47. The van der Waals surface area contributed by atoms with Gasteiger partial charge in [0.2, 0.25) is 5.91 Å². The monoisotopic (exact) mass is 383 g/mol. The van der Waals surface area contributed by atoms with Crippen LogP contribution in [0.1, 0.15) is 17.9 Å². The zero-order chi connectivity index (χ0) is 19.7. The minimum Gasteiger partial charge on any atom is -0.481 e. The summed E-state index contributed by atoms with van der Waals surface area (Å²) < 4.78 is 78.7. The van der Waals surface area contributed by atoms with Crippen molar-refractivity contribution in [2.24, 2.45) is 11.8 Å². The van der Waals surface area contributed by atoms with Crippen LogP contribution in [0.3, 0.4) is 0 Å². The Hall–Kier alpha value is -2.26. The molecule has 0 aliphatic carbocycles. The fourth-order valence-corrected chi connectivity index (χ4v) is 3.00. The summed E-state index contributed by atoms with van der Waals surface area (Å²) in [7, 11) is 0. The smallest absolute Gasteiger partial charge is 0.396 e. The summed E-state index contributed by atoms with van der Waals surface area (Å²) in [5.74, 6) is -9.26. The topological polar surface area (TPSA) is 57.6 Å². The minimum atomic E-state index is -4.86. The van der Waals surface area contributed by atoms with E-state index in [1.807, 2.05) is 0 Å². The minimum absolute atomic E-state index is 0.185. The van der Waals surface area contributed by atoms with E-state index in [9.17, 15) is 35.9 Å². The lowest BCUT2D eigenvalue weighted by molar-refractivity contribution is -0.188. The van der Waals surface area contributed by atoms with Crippen molar-refractivity contribution in [1.82, 2.24) is 4.90 Å². The molecule has 0 aromatic heterocycles. The second-order valence-corrected chi connectivity index (χ2v) is 6.10. The van der Waals surface area contributed by atoms with Crippen molar-refractivity contribution >= 4 is 11.9 Å². The van der Waals surface area contributed by atoms with Crippen molar-refractivity contribution in [2.75, 3.05) is 13.1 Å². The molecule has 1 unspecified atom stereocenters. The fraction of sp³-hybridized carbons (Fsp3) is 0.500. The number of halogens is 6. The summed E-state index contributed by atoms with van der Waals surface area (Å²) in [6, 6.07) is 6.55. The molecular formula is C16H15F6NO3. The van der Waals surface area contributed by atoms with E-state index < -0.39 is 61.5 Å². The van der Waals surface area contributed by atoms with Gasteiger partial charge in [0.25, 0.3) is 0 Å². The SMILES string of the molecule is O=C(O)[C@@H]1CN(C(=O)CC(c2ccccc2)C(F)(F)F)C[C@H]1C(F)(F)F. The lowest BCUT2D eigenvalue weighted by Gasteiger charge is -2.24. The molecule has 1 aromatic carbocycles. The number of carboxylic acids is 1. The number of aliphatic carboxylic acids is 1. The van der Waals surface area contributed by atoms with Crippen LogP contribution in [0.4, 0.5) is 26.3 Å². The molecule has 2 rings (SSSR count). The van der Waals surface area contributed by atoms with E-state index in [-0.39, 0.29) is 5.56 Å². The Morgan fingerprint density at radius 1 is 1.08 bits per heavy atom. The Morgan fingerprint density at radius 2 is 1.65 bits per heavy atom. The normalized spacial score (nSPS) is 22.3. The van der Waals surface area contributed by atoms with Gasteiger partial charge in [-0.3, -0.25) is 9.59 Å². The summed E-state index contributed by atoms with van der Waals surface area (Å²) >= 11 is 0. The number of alkyl halides is 6. The molecule has 0 saturated carbocycles. The van der Waals surface area contributed by atoms with Crippen molar-refractivity contribution in [1.29, 1.82) is 0 Å². The van der Waals surface area contributed by atoms with Gasteiger partial charge in [0.1, 0.15) is 0 Å². The zero-order valence-electron chi connectivity index (χ0n) is 13.2. The first-order valence-electron chi connectivity index (χ1n) is 7.60. The highest BCUT2D eigenvalue weighted by molar-refractivity contribution is 5.80. The highest BCUT2D eigenvalue weighted by Gasteiger charge is 2.54. The van der Waals surface area contributed by atoms with Crippen LogP contribution in [0.15, 0.2) is 30.3 Å². The molecule has 0 spiro atoms. The second kappa shape index (κ2) is 7.16. The van der Waals surface area contributed by atoms with E-state index in [1.54, 1.807) is 0 Å². The average molecular weight is 383 g/mol. The van der Waals surface area contributed by atoms with Crippen LogP contribution in [-0.4, -0.2) is 47.3 Å². The lowest BCUT2D eigenvalue weighted by atomic mass is 9.94. The van der Waals surface area contributed by atoms with Gasteiger partial charge >= 0.3 is 18.3 Å². The molecule has 1 saturated heterocycles. The molecule has 1 amide bonds. The Bertz CT molecular complexity index is 658. The van der Waals surface area contributed by atoms with Gasteiger partial charge in [-0.15, -0.1) is 0 Å². The Kier molecular flexibility index (Phi) is 5.52. The van der Waals surface area contributed by atoms with Crippen LogP contribution in [0.2, 0.25) is 0 Å². The largest absolute Gasteiger partial charge is 0.481 e. The number of benzene rings is 1. The maximum atomic E-state index is 13.3. The Balaban J connectivity index is 2.19. The summed E-state index contributed by atoms with van der Waals surface area (Å²) in [6.45, 7) is -1.73. The van der Waals surface area contributed by atoms with Crippen LogP contribution in [0, 0.1) is 11.8 Å². The van der Waals surface area contributed by atoms with Gasteiger partial charge in [-0.05, 0) is 5.56 Å². The molecule has 1 aliphatic rings. The van der Waals surface area contributed by atoms with Gasteiger partial charge in [0, 0.05) is 19.5 Å². The quantitative estimate of drug-likeness (QED) is 0.811. The van der Waals surface area contributed by atoms with Gasteiger partial charge in [0.15, 0.2) is 0 Å². The van der Waals surface area contributed by atoms with Crippen molar-refractivity contribution in [2.45, 2.75) is 24.7 Å². The maximum absolute atomic E-state index is 13.3. The first-order chi connectivity index (χ1) is 11.9. The molecule has 1 aromatic rings. The van der Waals surface area contributed by atoms with E-state index in [4.69, 9.17) is 5.11 Å². The summed E-state index contributed by atoms with van der Waals surface area (Å²) in [4.78, 5) is 23.7. The number of likely N-dealkylation sites (tertiary alicyclic amines) is 1. The third-order valence-corrected chi connectivity index (χ3v) is 4.39. The first-order valence-corrected chi connectivity index (χ1v) is 7.60. The summed E-state index contributed by atoms with van der Waals surface area (Å²) in [5.41, 5.74) is -0.185. The van der Waals surface area contributed by atoms with E-state index in [0.717, 1.165) is 0 Å². The van der Waals surface area contributed by atoms with Crippen LogP contribution < -0.4 is 0 Å². The van der Waals surface area contributed by atoms with Crippen molar-refractivity contribution < 1.29 is 41.0 Å². The molecule has 3 atom stereocenters. The maximum Gasteiger partial charge on any atom is 0.396 e. The fourth-order valence-electron chi connectivity index (χ4n) is 3.00. The Morgan fingerprint density at radius 3 is 2.08 bits per heavy atom. The van der Waals surface area contributed by atoms with Crippen LogP contribution >= 0.6 is 0 Å². The van der Waals surface area contributed by atoms with E-state index in [0.29, 0.717) is 4.90 Å². The number of carbonyl (C=O) groups is 2.